The van der Waals surface area contributed by atoms with Gasteiger partial charge in [0.2, 0.25) is 0 Å². The summed E-state index contributed by atoms with van der Waals surface area (Å²) >= 11 is 0. The lowest BCUT2D eigenvalue weighted by Crippen LogP contribution is -2.33. The van der Waals surface area contributed by atoms with E-state index < -0.39 is 0 Å². The molecule has 0 fully saturated rings. The number of hydrogen-bond acceptors (Lipinski definition) is 2. The first-order chi connectivity index (χ1) is 8.70. The lowest BCUT2D eigenvalue weighted by molar-refractivity contribution is 0.383. The Hall–Kier alpha value is -1.44. The molecular formula is C16H28N2. The predicted molar refractivity (Wildman–Crippen MR) is 82.7 cm³/mol. The Kier molecular flexibility index (Phi) is 7.93. The highest BCUT2D eigenvalue weighted by atomic mass is 15.4. The van der Waals surface area contributed by atoms with E-state index in [0.717, 1.165) is 0 Å². The summed E-state index contributed by atoms with van der Waals surface area (Å²) in [5.41, 5.74) is 2.61. The van der Waals surface area contributed by atoms with Crippen LogP contribution in [0, 0.1) is 6.92 Å². The van der Waals surface area contributed by atoms with E-state index in [4.69, 9.17) is 0 Å². The summed E-state index contributed by atoms with van der Waals surface area (Å²) in [6.07, 6.45) is 4.65. The maximum atomic E-state index is 2.29. The van der Waals surface area contributed by atoms with E-state index >= 15 is 0 Å². The van der Waals surface area contributed by atoms with Gasteiger partial charge in [0.15, 0.2) is 0 Å². The van der Waals surface area contributed by atoms with Crippen molar-refractivity contribution in [2.24, 2.45) is 0 Å². The summed E-state index contributed by atoms with van der Waals surface area (Å²) in [7, 11) is 2.10. The zero-order valence-electron chi connectivity index (χ0n) is 12.9. The molecule has 0 aromatic heterocycles. The van der Waals surface area contributed by atoms with Crippen LogP contribution in [0.15, 0.2) is 36.7 Å². The molecule has 18 heavy (non-hydrogen) atoms. The number of aryl methyl sites for hydroxylation is 1. The molecule has 1 heterocycles. The minimum Gasteiger partial charge on any atom is -0.359 e. The van der Waals surface area contributed by atoms with Gasteiger partial charge < -0.3 is 9.80 Å². The van der Waals surface area contributed by atoms with Gasteiger partial charge in [0, 0.05) is 25.1 Å². The van der Waals surface area contributed by atoms with Crippen LogP contribution in [-0.4, -0.2) is 18.1 Å². The maximum absolute atomic E-state index is 2.29. The van der Waals surface area contributed by atoms with Crippen LogP contribution >= 0.6 is 0 Å². The van der Waals surface area contributed by atoms with Crippen molar-refractivity contribution in [2.45, 2.75) is 47.7 Å². The molecule has 1 aliphatic rings. The van der Waals surface area contributed by atoms with E-state index in [-0.39, 0.29) is 0 Å². The molecule has 0 saturated carbocycles. The fourth-order valence-electron chi connectivity index (χ4n) is 1.76. The van der Waals surface area contributed by atoms with Crippen molar-refractivity contribution in [3.05, 3.63) is 42.2 Å². The topological polar surface area (TPSA) is 6.48 Å². The minimum atomic E-state index is 0.413. The van der Waals surface area contributed by atoms with E-state index in [1.54, 1.807) is 0 Å². The fourth-order valence-corrected chi connectivity index (χ4v) is 1.76. The van der Waals surface area contributed by atoms with Gasteiger partial charge in [0.25, 0.3) is 0 Å². The lowest BCUT2D eigenvalue weighted by Gasteiger charge is -2.28. The molecule has 0 saturated heterocycles. The molecule has 0 amide bonds. The zero-order valence-corrected chi connectivity index (χ0v) is 12.9. The molecule has 1 aliphatic heterocycles. The normalized spacial score (nSPS) is 16.7. The number of benzene rings is 1. The Morgan fingerprint density at radius 2 is 1.50 bits per heavy atom. The molecule has 0 bridgehead atoms. The number of hydrogen-bond donors (Lipinski definition) is 0. The quantitative estimate of drug-likeness (QED) is 0.715. The van der Waals surface area contributed by atoms with Crippen LogP contribution < -0.4 is 4.90 Å². The molecule has 2 heteroatoms. The van der Waals surface area contributed by atoms with Gasteiger partial charge >= 0.3 is 0 Å². The molecule has 0 spiro atoms. The first kappa shape index (κ1) is 16.6. The van der Waals surface area contributed by atoms with Crippen molar-refractivity contribution in [3.8, 4) is 0 Å². The molecule has 2 nitrogen and oxygen atoms in total. The van der Waals surface area contributed by atoms with Gasteiger partial charge in [-0.3, -0.25) is 0 Å². The van der Waals surface area contributed by atoms with Gasteiger partial charge in [0.1, 0.15) is 6.17 Å². The van der Waals surface area contributed by atoms with Gasteiger partial charge in [-0.25, -0.2) is 0 Å². The zero-order chi connectivity index (χ0) is 14.1. The van der Waals surface area contributed by atoms with Crippen LogP contribution in [0.5, 0.6) is 0 Å². The second-order valence-electron chi connectivity index (χ2n) is 3.79. The number of para-hydroxylation sites is 1. The highest BCUT2D eigenvalue weighted by Gasteiger charge is 2.20. The summed E-state index contributed by atoms with van der Waals surface area (Å²) in [6, 6.07) is 8.47. The molecule has 1 aromatic rings. The fraction of sp³-hybridized carbons (Fsp3) is 0.500. The van der Waals surface area contributed by atoms with Crippen molar-refractivity contribution in [1.82, 2.24) is 4.90 Å². The van der Waals surface area contributed by atoms with E-state index in [1.165, 1.54) is 11.3 Å². The molecule has 2 rings (SSSR count). The number of anilines is 1. The molecule has 0 radical (unpaired) electrons. The molecular weight excluding hydrogens is 220 g/mol. The SMILES string of the molecule is CC.CC.Cc1ccccc1N1C=CN(C)C1C. The smallest absolute Gasteiger partial charge is 0.102 e. The molecule has 1 aromatic carbocycles. The van der Waals surface area contributed by atoms with E-state index in [2.05, 4.69) is 67.4 Å². The molecule has 0 N–H and O–H groups in total. The average molecular weight is 248 g/mol. The van der Waals surface area contributed by atoms with Crippen LogP contribution in [0.4, 0.5) is 5.69 Å². The Balaban J connectivity index is 0.000000659. The number of rotatable bonds is 1. The Morgan fingerprint density at radius 1 is 0.944 bits per heavy atom. The molecule has 1 atom stereocenters. The highest BCUT2D eigenvalue weighted by Crippen LogP contribution is 2.26. The second-order valence-corrected chi connectivity index (χ2v) is 3.79. The first-order valence-electron chi connectivity index (χ1n) is 6.94. The standard InChI is InChI=1S/C12H16N2.2C2H6/c1-10-6-4-5-7-12(10)14-9-8-13(3)11(14)2;2*1-2/h4-9,11H,1-3H3;2*1-2H3. The average Bonchev–Trinajstić information content (AvgIpc) is 2.76. The lowest BCUT2D eigenvalue weighted by atomic mass is 10.2. The molecule has 102 valence electrons. The van der Waals surface area contributed by atoms with E-state index in [9.17, 15) is 0 Å². The monoisotopic (exact) mass is 248 g/mol. The van der Waals surface area contributed by atoms with Crippen molar-refractivity contribution in [2.75, 3.05) is 11.9 Å². The maximum Gasteiger partial charge on any atom is 0.102 e. The van der Waals surface area contributed by atoms with Crippen LogP contribution in [-0.2, 0) is 0 Å². The summed E-state index contributed by atoms with van der Waals surface area (Å²) in [5.74, 6) is 0. The summed E-state index contributed by atoms with van der Waals surface area (Å²) in [4.78, 5) is 4.49. The van der Waals surface area contributed by atoms with Crippen molar-refractivity contribution in [1.29, 1.82) is 0 Å². The van der Waals surface area contributed by atoms with Crippen LogP contribution in [0.1, 0.15) is 40.2 Å². The Labute approximate surface area is 113 Å². The molecule has 1 unspecified atom stereocenters. The summed E-state index contributed by atoms with van der Waals surface area (Å²) < 4.78 is 0. The van der Waals surface area contributed by atoms with Crippen LogP contribution in [0.25, 0.3) is 0 Å². The largest absolute Gasteiger partial charge is 0.359 e. The van der Waals surface area contributed by atoms with Crippen LogP contribution in [0.2, 0.25) is 0 Å². The van der Waals surface area contributed by atoms with E-state index in [1.807, 2.05) is 27.7 Å². The van der Waals surface area contributed by atoms with Gasteiger partial charge in [-0.2, -0.15) is 0 Å². The predicted octanol–water partition coefficient (Wildman–Crippen LogP) is 4.62. The van der Waals surface area contributed by atoms with Gasteiger partial charge in [-0.15, -0.1) is 0 Å². The highest BCUT2D eigenvalue weighted by molar-refractivity contribution is 5.56. The van der Waals surface area contributed by atoms with Crippen molar-refractivity contribution < 1.29 is 0 Å². The van der Waals surface area contributed by atoms with Gasteiger partial charge in [0.05, 0.1) is 0 Å². The van der Waals surface area contributed by atoms with Gasteiger partial charge in [-0.05, 0) is 25.5 Å². The summed E-state index contributed by atoms with van der Waals surface area (Å²) in [6.45, 7) is 12.3. The third-order valence-electron chi connectivity index (χ3n) is 2.85. The van der Waals surface area contributed by atoms with Crippen molar-refractivity contribution in [3.63, 3.8) is 0 Å². The molecule has 0 aliphatic carbocycles. The minimum absolute atomic E-state index is 0.413. The summed E-state index contributed by atoms with van der Waals surface area (Å²) in [5, 5.41) is 0. The third kappa shape index (κ3) is 3.80. The Bertz CT molecular complexity index is 358. The van der Waals surface area contributed by atoms with Crippen LogP contribution in [0.3, 0.4) is 0 Å². The van der Waals surface area contributed by atoms with Gasteiger partial charge in [-0.1, -0.05) is 45.9 Å². The van der Waals surface area contributed by atoms with Crippen molar-refractivity contribution >= 4 is 5.69 Å². The first-order valence-corrected chi connectivity index (χ1v) is 6.94. The second kappa shape index (κ2) is 8.62. The number of nitrogens with zero attached hydrogens (tertiary/aromatic N) is 2. The Morgan fingerprint density at radius 3 is 1.94 bits per heavy atom. The van der Waals surface area contributed by atoms with E-state index in [0.29, 0.717) is 6.17 Å². The third-order valence-corrected chi connectivity index (χ3v) is 2.85.